The predicted molar refractivity (Wildman–Crippen MR) is 165 cm³/mol. The molecule has 0 spiro atoms. The molecule has 7 atom stereocenters. The van der Waals surface area contributed by atoms with Crippen LogP contribution in [0.1, 0.15) is 77.2 Å². The van der Waals surface area contributed by atoms with Crippen molar-refractivity contribution in [1.82, 2.24) is 5.32 Å². The number of aliphatic hydroxyl groups is 2. The number of rotatable bonds is 11. The Morgan fingerprint density at radius 1 is 1.02 bits per heavy atom. The number of carbonyl (C=O) groups excluding carboxylic acids is 4. The van der Waals surface area contributed by atoms with Crippen molar-refractivity contribution in [2.45, 2.75) is 89.8 Å². The molecule has 0 aromatic heterocycles. The molecule has 0 radical (unpaired) electrons. The van der Waals surface area contributed by atoms with E-state index in [1.807, 2.05) is 19.1 Å². The van der Waals surface area contributed by atoms with Crippen molar-refractivity contribution in [2.75, 3.05) is 27.4 Å². The molecule has 3 fully saturated rings. The van der Waals surface area contributed by atoms with E-state index in [1.165, 1.54) is 0 Å². The number of carbonyl (C=O) groups is 4. The maximum Gasteiger partial charge on any atom is 0.306 e. The van der Waals surface area contributed by atoms with E-state index in [0.29, 0.717) is 43.7 Å². The number of ether oxygens (including phenoxy) is 3. The number of ketones is 2. The number of hydrogen-bond acceptors (Lipinski definition) is 9. The summed E-state index contributed by atoms with van der Waals surface area (Å²) < 4.78 is 15.8. The van der Waals surface area contributed by atoms with Gasteiger partial charge in [-0.3, -0.25) is 19.2 Å². The molecule has 3 N–H and O–H groups in total. The van der Waals surface area contributed by atoms with E-state index in [9.17, 15) is 29.4 Å². The summed E-state index contributed by atoms with van der Waals surface area (Å²) in [7, 11) is 3.12. The highest BCUT2D eigenvalue weighted by Gasteiger charge is 2.68. The van der Waals surface area contributed by atoms with Gasteiger partial charge in [0.05, 0.1) is 26.7 Å². The number of methoxy groups -OCH3 is 2. The minimum Gasteiger partial charge on any atom is -0.493 e. The normalized spacial score (nSPS) is 33.6. The second-order valence-electron chi connectivity index (χ2n) is 13.8. The predicted octanol–water partition coefficient (Wildman–Crippen LogP) is 3.49. The van der Waals surface area contributed by atoms with Crippen molar-refractivity contribution in [3.8, 4) is 11.5 Å². The minimum atomic E-state index is -1.72. The average molecular weight is 626 g/mol. The summed E-state index contributed by atoms with van der Waals surface area (Å²) in [5.74, 6) is -0.0358. The maximum atomic E-state index is 13.5. The quantitative estimate of drug-likeness (QED) is 0.314. The van der Waals surface area contributed by atoms with Gasteiger partial charge >= 0.3 is 5.97 Å². The summed E-state index contributed by atoms with van der Waals surface area (Å²) in [6.45, 7) is 3.86. The lowest BCUT2D eigenvalue weighted by molar-refractivity contribution is -0.184. The first kappa shape index (κ1) is 33.1. The van der Waals surface area contributed by atoms with Gasteiger partial charge in [-0.15, -0.1) is 0 Å². The van der Waals surface area contributed by atoms with Gasteiger partial charge in [-0.1, -0.05) is 25.5 Å². The molecule has 45 heavy (non-hydrogen) atoms. The van der Waals surface area contributed by atoms with Gasteiger partial charge in [0, 0.05) is 24.8 Å². The molecule has 10 nitrogen and oxygen atoms in total. The topological polar surface area (TPSA) is 148 Å². The van der Waals surface area contributed by atoms with Crippen molar-refractivity contribution in [3.05, 3.63) is 35.4 Å². The molecule has 10 heteroatoms. The lowest BCUT2D eigenvalue weighted by Gasteiger charge is -2.60. The molecule has 1 aromatic carbocycles. The Kier molecular flexibility index (Phi) is 9.48. The van der Waals surface area contributed by atoms with Gasteiger partial charge in [-0.05, 0) is 91.9 Å². The highest BCUT2D eigenvalue weighted by Crippen LogP contribution is 2.67. The smallest absolute Gasteiger partial charge is 0.306 e. The first-order valence-electron chi connectivity index (χ1n) is 16.2. The Morgan fingerprint density at radius 2 is 1.78 bits per heavy atom. The summed E-state index contributed by atoms with van der Waals surface area (Å²) in [5, 5.41) is 26.2. The SMILES string of the molecule is COc1ccc(CCNC(=O)CCC(=O)OCC(=O)C2(O)CCC3C4CCC5=CC(=O)CCC5(C)C4C(O)CC32C)cc1OC. The van der Waals surface area contributed by atoms with Crippen molar-refractivity contribution >= 4 is 23.4 Å². The monoisotopic (exact) mass is 625 g/mol. The average Bonchev–Trinajstić information content (AvgIpc) is 3.29. The first-order valence-corrected chi connectivity index (χ1v) is 16.2. The fourth-order valence-electron chi connectivity index (χ4n) is 9.17. The summed E-state index contributed by atoms with van der Waals surface area (Å²) in [4.78, 5) is 50.4. The van der Waals surface area contributed by atoms with Crippen molar-refractivity contribution in [3.63, 3.8) is 0 Å². The van der Waals surface area contributed by atoms with Crippen LogP contribution in [-0.2, 0) is 30.3 Å². The second kappa shape index (κ2) is 12.9. The van der Waals surface area contributed by atoms with E-state index in [-0.39, 0.29) is 60.5 Å². The lowest BCUT2D eigenvalue weighted by Crippen LogP contribution is -2.62. The van der Waals surface area contributed by atoms with Gasteiger partial charge in [0.25, 0.3) is 0 Å². The highest BCUT2D eigenvalue weighted by molar-refractivity contribution is 5.92. The molecule has 0 saturated heterocycles. The molecule has 0 aliphatic heterocycles. The summed E-state index contributed by atoms with van der Waals surface area (Å²) in [6.07, 6.45) is 5.33. The molecule has 0 heterocycles. The molecular weight excluding hydrogens is 578 g/mol. The fourth-order valence-corrected chi connectivity index (χ4v) is 9.17. The first-order chi connectivity index (χ1) is 21.4. The number of aliphatic hydroxyl groups excluding tert-OH is 1. The molecule has 246 valence electrons. The minimum absolute atomic E-state index is 0.0239. The zero-order valence-corrected chi connectivity index (χ0v) is 26.9. The highest BCUT2D eigenvalue weighted by atomic mass is 16.5. The fraction of sp³-hybridized carbons (Fsp3) is 0.657. The molecule has 3 saturated carbocycles. The number of benzene rings is 1. The largest absolute Gasteiger partial charge is 0.493 e. The molecule has 7 unspecified atom stereocenters. The third-order valence-corrected chi connectivity index (χ3v) is 11.6. The van der Waals surface area contributed by atoms with Crippen LogP contribution in [0.2, 0.25) is 0 Å². The van der Waals surface area contributed by atoms with Gasteiger partial charge in [0.2, 0.25) is 11.7 Å². The van der Waals surface area contributed by atoms with Crippen LogP contribution >= 0.6 is 0 Å². The molecule has 0 bridgehead atoms. The van der Waals surface area contributed by atoms with Crippen LogP contribution in [0.5, 0.6) is 11.5 Å². The van der Waals surface area contributed by atoms with Crippen LogP contribution in [0.3, 0.4) is 0 Å². The van der Waals surface area contributed by atoms with Crippen molar-refractivity contribution < 1.29 is 43.6 Å². The molecule has 1 amide bonds. The maximum absolute atomic E-state index is 13.5. The number of fused-ring (bicyclic) bond motifs is 5. The van der Waals surface area contributed by atoms with Crippen LogP contribution in [0.25, 0.3) is 0 Å². The van der Waals surface area contributed by atoms with E-state index >= 15 is 0 Å². The molecule has 1 aromatic rings. The van der Waals surface area contributed by atoms with Crippen molar-refractivity contribution in [2.24, 2.45) is 28.6 Å². The van der Waals surface area contributed by atoms with Gasteiger partial charge in [0.15, 0.2) is 23.9 Å². The standard InChI is InChI=1S/C35H47NO9/c1-33-14-11-23(37)18-22(33)6-7-24-25-12-15-35(42,34(25,2)19-26(38)32(24)33)29(39)20-45-31(41)10-9-30(40)36-16-13-21-5-8-27(43-3)28(17-21)44-4/h5,8,17-18,24-26,32,38,42H,6-7,9-16,19-20H2,1-4H3,(H,36,40). The second-order valence-corrected chi connectivity index (χ2v) is 13.8. The van der Waals surface area contributed by atoms with E-state index in [2.05, 4.69) is 12.2 Å². The van der Waals surface area contributed by atoms with Gasteiger partial charge in [-0.2, -0.15) is 0 Å². The number of allylic oxidation sites excluding steroid dienone is 1. The number of hydrogen-bond donors (Lipinski definition) is 3. The number of amides is 1. The summed E-state index contributed by atoms with van der Waals surface area (Å²) in [6, 6.07) is 5.53. The Labute approximate surface area is 264 Å². The molecule has 4 aliphatic rings. The van der Waals surface area contributed by atoms with Crippen LogP contribution in [-0.4, -0.2) is 72.7 Å². The lowest BCUT2D eigenvalue weighted by atomic mass is 9.45. The number of nitrogens with one attached hydrogen (secondary N) is 1. The van der Waals surface area contributed by atoms with Crippen molar-refractivity contribution in [1.29, 1.82) is 0 Å². The van der Waals surface area contributed by atoms with Crippen LogP contribution in [0.15, 0.2) is 29.8 Å². The van der Waals surface area contributed by atoms with E-state index in [1.54, 1.807) is 26.4 Å². The Morgan fingerprint density at radius 3 is 2.51 bits per heavy atom. The van der Waals surface area contributed by atoms with Gasteiger partial charge in [0.1, 0.15) is 5.60 Å². The van der Waals surface area contributed by atoms with Gasteiger partial charge in [-0.25, -0.2) is 0 Å². The Bertz CT molecular complexity index is 1370. The van der Waals surface area contributed by atoms with E-state index < -0.39 is 35.5 Å². The Balaban J connectivity index is 1.11. The molecule has 5 rings (SSSR count). The zero-order chi connectivity index (χ0) is 32.6. The molecular formula is C35H47NO9. The molecule has 4 aliphatic carbocycles. The number of Topliss-reactive ketones (excluding diaryl/α,β-unsaturated/α-hetero) is 1. The van der Waals surface area contributed by atoms with E-state index in [4.69, 9.17) is 14.2 Å². The third-order valence-electron chi connectivity index (χ3n) is 11.6. The van der Waals surface area contributed by atoms with Crippen LogP contribution < -0.4 is 14.8 Å². The summed E-state index contributed by atoms with van der Waals surface area (Å²) >= 11 is 0. The third kappa shape index (κ3) is 6.03. The van der Waals surface area contributed by atoms with Crippen LogP contribution in [0, 0.1) is 28.6 Å². The Hall–Kier alpha value is -3.24. The summed E-state index contributed by atoms with van der Waals surface area (Å²) in [5.41, 5.74) is -0.742. The zero-order valence-electron chi connectivity index (χ0n) is 26.9. The van der Waals surface area contributed by atoms with Crippen LogP contribution in [0.4, 0.5) is 0 Å². The van der Waals surface area contributed by atoms with E-state index in [0.717, 1.165) is 24.0 Å². The number of esters is 1. The van der Waals surface area contributed by atoms with Gasteiger partial charge < -0.3 is 29.7 Å².